The molecule has 0 aromatic carbocycles. The van der Waals surface area contributed by atoms with Crippen molar-refractivity contribution in [3.05, 3.63) is 21.7 Å². The van der Waals surface area contributed by atoms with E-state index in [0.717, 1.165) is 37.3 Å². The molecule has 0 bridgehead atoms. The largest absolute Gasteiger partial charge is 0.383 e. The van der Waals surface area contributed by atoms with E-state index in [-0.39, 0.29) is 22.5 Å². The SMILES string of the molecule is Br.Cc1c(C2CCNCC2)o[nH]c1=O. The van der Waals surface area contributed by atoms with Gasteiger partial charge in [-0.05, 0) is 32.9 Å². The Bertz CT molecular complexity index is 339. The number of piperidine rings is 1. The summed E-state index contributed by atoms with van der Waals surface area (Å²) >= 11 is 0. The summed E-state index contributed by atoms with van der Waals surface area (Å²) < 4.78 is 5.17. The van der Waals surface area contributed by atoms with Crippen molar-refractivity contribution < 1.29 is 4.52 Å². The third-order valence-corrected chi connectivity index (χ3v) is 2.67. The van der Waals surface area contributed by atoms with E-state index < -0.39 is 0 Å². The summed E-state index contributed by atoms with van der Waals surface area (Å²) in [6.07, 6.45) is 2.11. The molecule has 1 aromatic rings. The first kappa shape index (κ1) is 11.5. The zero-order valence-electron chi connectivity index (χ0n) is 8.13. The topological polar surface area (TPSA) is 58.0 Å². The minimum atomic E-state index is -0.0893. The molecule has 1 aliphatic rings. The highest BCUT2D eigenvalue weighted by molar-refractivity contribution is 8.93. The normalized spacial score (nSPS) is 17.8. The summed E-state index contributed by atoms with van der Waals surface area (Å²) in [6, 6.07) is 0. The fourth-order valence-electron chi connectivity index (χ4n) is 1.84. The molecular weight excluding hydrogens is 248 g/mol. The number of hydrogen-bond donors (Lipinski definition) is 2. The number of rotatable bonds is 1. The van der Waals surface area contributed by atoms with E-state index in [2.05, 4.69) is 10.5 Å². The molecule has 2 rings (SSSR count). The van der Waals surface area contributed by atoms with E-state index in [1.165, 1.54) is 0 Å². The van der Waals surface area contributed by atoms with Crippen LogP contribution in [-0.2, 0) is 0 Å². The molecule has 1 aliphatic heterocycles. The van der Waals surface area contributed by atoms with Crippen LogP contribution in [0.1, 0.15) is 30.1 Å². The quantitative estimate of drug-likeness (QED) is 0.803. The van der Waals surface area contributed by atoms with Gasteiger partial charge < -0.3 is 9.84 Å². The number of aromatic nitrogens is 1. The molecule has 0 unspecified atom stereocenters. The summed E-state index contributed by atoms with van der Waals surface area (Å²) in [5.74, 6) is 1.27. The molecule has 80 valence electrons. The average Bonchev–Trinajstić information content (AvgIpc) is 2.49. The Morgan fingerprint density at radius 3 is 2.50 bits per heavy atom. The highest BCUT2D eigenvalue weighted by Gasteiger charge is 2.21. The van der Waals surface area contributed by atoms with Crippen molar-refractivity contribution in [1.29, 1.82) is 0 Å². The lowest BCUT2D eigenvalue weighted by molar-refractivity contribution is 0.324. The van der Waals surface area contributed by atoms with Crippen LogP contribution in [0.5, 0.6) is 0 Å². The minimum absolute atomic E-state index is 0. The molecule has 0 amide bonds. The van der Waals surface area contributed by atoms with Crippen LogP contribution in [0.3, 0.4) is 0 Å². The maximum absolute atomic E-state index is 11.1. The van der Waals surface area contributed by atoms with E-state index in [4.69, 9.17) is 4.52 Å². The summed E-state index contributed by atoms with van der Waals surface area (Å²) in [6.45, 7) is 3.84. The Kier molecular flexibility index (Phi) is 3.95. The van der Waals surface area contributed by atoms with E-state index in [0.29, 0.717) is 5.92 Å². The van der Waals surface area contributed by atoms with Gasteiger partial charge in [0.15, 0.2) is 0 Å². The molecule has 1 aromatic heterocycles. The molecule has 0 spiro atoms. The molecule has 4 nitrogen and oxygen atoms in total. The van der Waals surface area contributed by atoms with Gasteiger partial charge in [-0.25, -0.2) is 0 Å². The molecule has 14 heavy (non-hydrogen) atoms. The molecule has 0 atom stereocenters. The number of halogens is 1. The molecule has 1 saturated heterocycles. The van der Waals surface area contributed by atoms with E-state index >= 15 is 0 Å². The predicted molar refractivity (Wildman–Crippen MR) is 59.2 cm³/mol. The van der Waals surface area contributed by atoms with Gasteiger partial charge in [0, 0.05) is 5.92 Å². The van der Waals surface area contributed by atoms with Gasteiger partial charge >= 0.3 is 0 Å². The lowest BCUT2D eigenvalue weighted by Crippen LogP contribution is -2.26. The fourth-order valence-corrected chi connectivity index (χ4v) is 1.84. The average molecular weight is 263 g/mol. The molecule has 0 radical (unpaired) electrons. The van der Waals surface area contributed by atoms with Crippen LogP contribution in [0.25, 0.3) is 0 Å². The van der Waals surface area contributed by atoms with E-state index in [9.17, 15) is 4.79 Å². The molecular formula is C9H15BrN2O2. The maximum Gasteiger partial charge on any atom is 0.283 e. The first-order valence-corrected chi connectivity index (χ1v) is 4.67. The molecule has 5 heteroatoms. The summed E-state index contributed by atoms with van der Waals surface area (Å²) in [7, 11) is 0. The van der Waals surface area contributed by atoms with Crippen LogP contribution in [0.15, 0.2) is 9.32 Å². The number of hydrogen-bond acceptors (Lipinski definition) is 3. The number of H-pyrrole nitrogens is 1. The monoisotopic (exact) mass is 262 g/mol. The number of nitrogens with one attached hydrogen (secondary N) is 2. The Hall–Kier alpha value is -0.550. The molecule has 2 heterocycles. The number of aromatic amines is 1. The highest BCUT2D eigenvalue weighted by Crippen LogP contribution is 2.25. The predicted octanol–water partition coefficient (Wildman–Crippen LogP) is 1.32. The second-order valence-corrected chi connectivity index (χ2v) is 3.55. The van der Waals surface area contributed by atoms with Gasteiger partial charge in [-0.3, -0.25) is 4.79 Å². The lowest BCUT2D eigenvalue weighted by Gasteiger charge is -2.20. The summed E-state index contributed by atoms with van der Waals surface area (Å²) in [4.78, 5) is 11.1. The van der Waals surface area contributed by atoms with Crippen LogP contribution in [-0.4, -0.2) is 18.2 Å². The summed E-state index contributed by atoms with van der Waals surface area (Å²) in [5, 5.41) is 5.66. The van der Waals surface area contributed by atoms with Crippen LogP contribution < -0.4 is 10.9 Å². The Morgan fingerprint density at radius 1 is 1.36 bits per heavy atom. The van der Waals surface area contributed by atoms with Gasteiger partial charge in [-0.15, -0.1) is 17.0 Å². The minimum Gasteiger partial charge on any atom is -0.383 e. The van der Waals surface area contributed by atoms with Crippen LogP contribution in [0.2, 0.25) is 0 Å². The zero-order valence-corrected chi connectivity index (χ0v) is 9.84. The first-order chi connectivity index (χ1) is 6.29. The molecule has 0 saturated carbocycles. The highest BCUT2D eigenvalue weighted by atomic mass is 79.9. The van der Waals surface area contributed by atoms with E-state index in [1.807, 2.05) is 6.92 Å². The molecule has 2 N–H and O–H groups in total. The van der Waals surface area contributed by atoms with Crippen LogP contribution in [0, 0.1) is 6.92 Å². The summed E-state index contributed by atoms with van der Waals surface area (Å²) in [5.41, 5.74) is 0.653. The third kappa shape index (κ3) is 2.09. The Labute approximate surface area is 92.8 Å². The van der Waals surface area contributed by atoms with Crippen molar-refractivity contribution in [2.24, 2.45) is 0 Å². The van der Waals surface area contributed by atoms with Crippen molar-refractivity contribution in [3.63, 3.8) is 0 Å². The second kappa shape index (κ2) is 4.79. The van der Waals surface area contributed by atoms with Gasteiger partial charge in [-0.2, -0.15) is 5.16 Å². The van der Waals surface area contributed by atoms with E-state index in [1.54, 1.807) is 0 Å². The van der Waals surface area contributed by atoms with Crippen molar-refractivity contribution in [2.45, 2.75) is 25.7 Å². The third-order valence-electron chi connectivity index (χ3n) is 2.67. The van der Waals surface area contributed by atoms with Gasteiger partial charge in [0.1, 0.15) is 5.76 Å². The Balaban J connectivity index is 0.000000980. The molecule has 0 aliphatic carbocycles. The standard InChI is InChI=1S/C9H14N2O2.BrH/c1-6-8(13-11-9(6)12)7-2-4-10-5-3-7;/h7,10H,2-5H2,1H3,(H,11,12);1H. The van der Waals surface area contributed by atoms with Gasteiger partial charge in [0.2, 0.25) is 0 Å². The second-order valence-electron chi connectivity index (χ2n) is 3.55. The van der Waals surface area contributed by atoms with Crippen LogP contribution >= 0.6 is 17.0 Å². The smallest absolute Gasteiger partial charge is 0.283 e. The maximum atomic E-state index is 11.1. The lowest BCUT2D eigenvalue weighted by atomic mass is 9.93. The van der Waals surface area contributed by atoms with Crippen molar-refractivity contribution in [1.82, 2.24) is 10.5 Å². The zero-order chi connectivity index (χ0) is 9.26. The fraction of sp³-hybridized carbons (Fsp3) is 0.667. The van der Waals surface area contributed by atoms with Gasteiger partial charge in [-0.1, -0.05) is 0 Å². The first-order valence-electron chi connectivity index (χ1n) is 4.67. The van der Waals surface area contributed by atoms with Gasteiger partial charge in [0.25, 0.3) is 5.56 Å². The van der Waals surface area contributed by atoms with Gasteiger partial charge in [0.05, 0.1) is 5.56 Å². The van der Waals surface area contributed by atoms with Crippen molar-refractivity contribution in [2.75, 3.05) is 13.1 Å². The Morgan fingerprint density at radius 2 is 2.00 bits per heavy atom. The van der Waals surface area contributed by atoms with Crippen LogP contribution in [0.4, 0.5) is 0 Å². The molecule has 1 fully saturated rings. The van der Waals surface area contributed by atoms with Crippen molar-refractivity contribution in [3.8, 4) is 0 Å². The van der Waals surface area contributed by atoms with Crippen molar-refractivity contribution >= 4 is 17.0 Å².